The van der Waals surface area contributed by atoms with Crippen molar-refractivity contribution in [3.05, 3.63) is 29.3 Å². The van der Waals surface area contributed by atoms with Crippen LogP contribution in [-0.4, -0.2) is 10.7 Å². The third-order valence-electron chi connectivity index (χ3n) is 6.11. The molecule has 2 N–H and O–H groups in total. The maximum absolute atomic E-state index is 5.95. The van der Waals surface area contributed by atoms with Crippen LogP contribution in [0, 0.1) is 16.7 Å². The maximum Gasteiger partial charge on any atom is 0.171 e. The first kappa shape index (κ1) is 15.7. The van der Waals surface area contributed by atoms with E-state index in [1.165, 1.54) is 38.5 Å². The molecule has 4 aliphatic carbocycles. The van der Waals surface area contributed by atoms with Crippen LogP contribution >= 0.6 is 23.8 Å². The molecule has 4 bridgehead atoms. The number of nitrogens with one attached hydrogen (secondary N) is 2. The lowest BCUT2D eigenvalue weighted by molar-refractivity contribution is -0.111. The van der Waals surface area contributed by atoms with Gasteiger partial charge >= 0.3 is 0 Å². The van der Waals surface area contributed by atoms with Crippen molar-refractivity contribution >= 4 is 34.6 Å². The van der Waals surface area contributed by atoms with E-state index in [2.05, 4.69) is 24.5 Å². The van der Waals surface area contributed by atoms with E-state index in [0.29, 0.717) is 10.8 Å². The van der Waals surface area contributed by atoms with Crippen molar-refractivity contribution in [3.63, 3.8) is 0 Å². The fourth-order valence-electron chi connectivity index (χ4n) is 6.52. The molecule has 0 unspecified atom stereocenters. The number of rotatable bonds is 2. The molecule has 0 heterocycles. The monoisotopic (exact) mass is 348 g/mol. The first-order valence-corrected chi connectivity index (χ1v) is 9.41. The standard InChI is InChI=1S/C19H25ClN2S/c1-17-7-13-8-18(2,10-17)12-19(9-13,11-17)22-16(23)21-15-5-3-14(20)4-6-15/h3-6,13H,7-12H2,1-2H3,(H2,21,22,23)/t13?,17-,18-,19?/m0/s1. The lowest BCUT2D eigenvalue weighted by Gasteiger charge is -2.65. The highest BCUT2D eigenvalue weighted by Crippen LogP contribution is 2.66. The molecule has 5 rings (SSSR count). The van der Waals surface area contributed by atoms with Gasteiger partial charge in [0.05, 0.1) is 0 Å². The van der Waals surface area contributed by atoms with Gasteiger partial charge in [-0.1, -0.05) is 25.4 Å². The summed E-state index contributed by atoms with van der Waals surface area (Å²) in [5, 5.41) is 8.55. The van der Waals surface area contributed by atoms with Crippen molar-refractivity contribution in [2.24, 2.45) is 16.7 Å². The average molecular weight is 349 g/mol. The molecular formula is C19H25ClN2S. The number of benzene rings is 1. The second kappa shape index (κ2) is 5.10. The number of thiocarbonyl (C=S) groups is 1. The van der Waals surface area contributed by atoms with Crippen LogP contribution in [0.5, 0.6) is 0 Å². The quantitative estimate of drug-likeness (QED) is 0.702. The summed E-state index contributed by atoms with van der Waals surface area (Å²) in [7, 11) is 0. The Kier molecular flexibility index (Phi) is 3.48. The van der Waals surface area contributed by atoms with E-state index in [0.717, 1.165) is 21.7 Å². The zero-order chi connectivity index (χ0) is 16.3. The molecule has 4 saturated carbocycles. The molecular weight excluding hydrogens is 324 g/mol. The molecule has 1 aromatic carbocycles. The third kappa shape index (κ3) is 2.98. The summed E-state index contributed by atoms with van der Waals surface area (Å²) in [4.78, 5) is 0. The van der Waals surface area contributed by atoms with Crippen LogP contribution in [0.2, 0.25) is 5.02 Å². The zero-order valence-electron chi connectivity index (χ0n) is 13.9. The van der Waals surface area contributed by atoms with Crippen LogP contribution < -0.4 is 10.6 Å². The minimum absolute atomic E-state index is 0.194. The van der Waals surface area contributed by atoms with E-state index in [4.69, 9.17) is 23.8 Å². The molecule has 0 saturated heterocycles. The van der Waals surface area contributed by atoms with Gasteiger partial charge in [0.1, 0.15) is 0 Å². The summed E-state index contributed by atoms with van der Waals surface area (Å²) < 4.78 is 0. The van der Waals surface area contributed by atoms with Crippen LogP contribution in [0.25, 0.3) is 0 Å². The van der Waals surface area contributed by atoms with Gasteiger partial charge in [-0.05, 0) is 91.8 Å². The number of anilines is 1. The van der Waals surface area contributed by atoms with Gasteiger partial charge in [0.2, 0.25) is 0 Å². The molecule has 1 aromatic rings. The van der Waals surface area contributed by atoms with E-state index >= 15 is 0 Å². The summed E-state index contributed by atoms with van der Waals surface area (Å²) in [6.07, 6.45) is 7.99. The van der Waals surface area contributed by atoms with Gasteiger partial charge in [-0.25, -0.2) is 0 Å². The summed E-state index contributed by atoms with van der Waals surface area (Å²) in [5.41, 5.74) is 2.18. The van der Waals surface area contributed by atoms with Crippen LogP contribution in [0.4, 0.5) is 5.69 Å². The van der Waals surface area contributed by atoms with Crippen molar-refractivity contribution in [2.45, 2.75) is 57.9 Å². The SMILES string of the molecule is C[C@@]12CC3CC(NC(=S)Nc4ccc(Cl)cc4)(C1)C[C@@](C)(C3)C2. The van der Waals surface area contributed by atoms with E-state index < -0.39 is 0 Å². The molecule has 0 spiro atoms. The molecule has 0 aromatic heterocycles. The second-order valence-electron chi connectivity index (χ2n) is 9.00. The van der Waals surface area contributed by atoms with Crippen LogP contribution in [-0.2, 0) is 0 Å². The lowest BCUT2D eigenvalue weighted by atomic mass is 9.43. The lowest BCUT2D eigenvalue weighted by Crippen LogP contribution is -2.65. The van der Waals surface area contributed by atoms with Crippen LogP contribution in [0.15, 0.2) is 24.3 Å². The summed E-state index contributed by atoms with van der Waals surface area (Å²) in [6, 6.07) is 7.72. The number of hydrogen-bond donors (Lipinski definition) is 2. The Balaban J connectivity index is 1.49. The number of hydrogen-bond acceptors (Lipinski definition) is 1. The Morgan fingerprint density at radius 2 is 1.65 bits per heavy atom. The third-order valence-corrected chi connectivity index (χ3v) is 6.56. The Labute approximate surface area is 149 Å². The van der Waals surface area contributed by atoms with Gasteiger partial charge in [0, 0.05) is 16.2 Å². The van der Waals surface area contributed by atoms with Gasteiger partial charge in [-0.15, -0.1) is 0 Å². The maximum atomic E-state index is 5.95. The van der Waals surface area contributed by atoms with E-state index in [1.807, 2.05) is 24.3 Å². The Morgan fingerprint density at radius 3 is 2.22 bits per heavy atom. The molecule has 4 fully saturated rings. The van der Waals surface area contributed by atoms with Crippen LogP contribution in [0.1, 0.15) is 52.4 Å². The smallest absolute Gasteiger partial charge is 0.171 e. The van der Waals surface area contributed by atoms with E-state index in [1.54, 1.807) is 0 Å². The van der Waals surface area contributed by atoms with Crippen molar-refractivity contribution in [1.82, 2.24) is 5.32 Å². The van der Waals surface area contributed by atoms with Crippen molar-refractivity contribution in [3.8, 4) is 0 Å². The Morgan fingerprint density at radius 1 is 1.04 bits per heavy atom. The van der Waals surface area contributed by atoms with E-state index in [9.17, 15) is 0 Å². The molecule has 4 heteroatoms. The molecule has 0 aliphatic heterocycles. The minimum atomic E-state index is 0.194. The normalized spacial score (nSPS) is 40.9. The summed E-state index contributed by atoms with van der Waals surface area (Å²) in [6.45, 7) is 4.98. The fourth-order valence-corrected chi connectivity index (χ4v) is 6.98. The molecule has 2 atom stereocenters. The van der Waals surface area contributed by atoms with Gasteiger partial charge in [-0.3, -0.25) is 0 Å². The Hall–Kier alpha value is -0.800. The predicted molar refractivity (Wildman–Crippen MR) is 101 cm³/mol. The van der Waals surface area contributed by atoms with Gasteiger partial charge in [0.25, 0.3) is 0 Å². The molecule has 23 heavy (non-hydrogen) atoms. The summed E-state index contributed by atoms with van der Waals surface area (Å²) in [5.74, 6) is 0.868. The first-order chi connectivity index (χ1) is 10.8. The minimum Gasteiger partial charge on any atom is -0.357 e. The van der Waals surface area contributed by atoms with Gasteiger partial charge in [0.15, 0.2) is 5.11 Å². The van der Waals surface area contributed by atoms with Crippen molar-refractivity contribution in [2.75, 3.05) is 5.32 Å². The molecule has 2 nitrogen and oxygen atoms in total. The van der Waals surface area contributed by atoms with E-state index in [-0.39, 0.29) is 5.54 Å². The Bertz CT molecular complexity index is 623. The molecule has 0 amide bonds. The van der Waals surface area contributed by atoms with Crippen LogP contribution in [0.3, 0.4) is 0 Å². The largest absolute Gasteiger partial charge is 0.357 e. The highest BCUT2D eigenvalue weighted by molar-refractivity contribution is 7.80. The number of halogens is 1. The fraction of sp³-hybridized carbons (Fsp3) is 0.632. The first-order valence-electron chi connectivity index (χ1n) is 8.62. The highest BCUT2D eigenvalue weighted by atomic mass is 35.5. The van der Waals surface area contributed by atoms with Crippen molar-refractivity contribution in [1.29, 1.82) is 0 Å². The molecule has 4 aliphatic rings. The zero-order valence-corrected chi connectivity index (χ0v) is 15.5. The highest BCUT2D eigenvalue weighted by Gasteiger charge is 2.60. The van der Waals surface area contributed by atoms with Crippen molar-refractivity contribution < 1.29 is 0 Å². The van der Waals surface area contributed by atoms with Gasteiger partial charge in [-0.2, -0.15) is 0 Å². The topological polar surface area (TPSA) is 24.1 Å². The second-order valence-corrected chi connectivity index (χ2v) is 9.84. The molecule has 124 valence electrons. The predicted octanol–water partition coefficient (Wildman–Crippen LogP) is 5.38. The summed E-state index contributed by atoms with van der Waals surface area (Å²) >= 11 is 11.6. The average Bonchev–Trinajstić information content (AvgIpc) is 2.36. The van der Waals surface area contributed by atoms with Gasteiger partial charge < -0.3 is 10.6 Å². The molecule has 0 radical (unpaired) electrons.